The maximum atomic E-state index is 5.88. The first-order chi connectivity index (χ1) is 9.28. The van der Waals surface area contributed by atoms with Crippen LogP contribution in [0.25, 0.3) is 11.0 Å². The normalized spacial score (nSPS) is 21.1. The number of ether oxygens (including phenoxy) is 1. The molecule has 3 rings (SSSR count). The molecule has 2 heterocycles. The van der Waals surface area contributed by atoms with E-state index in [2.05, 4.69) is 41.6 Å². The number of fused-ring (bicyclic) bond motifs is 1. The Morgan fingerprint density at radius 2 is 2.21 bits per heavy atom. The molecule has 0 N–H and O–H groups in total. The molecule has 1 aromatic carbocycles. The highest BCUT2D eigenvalue weighted by Gasteiger charge is 2.20. The van der Waals surface area contributed by atoms with E-state index in [-0.39, 0.29) is 6.10 Å². The summed E-state index contributed by atoms with van der Waals surface area (Å²) in [5, 5.41) is 0. The number of nitrogens with zero attached hydrogens (tertiary/aromatic N) is 3. The van der Waals surface area contributed by atoms with Gasteiger partial charge in [0.05, 0.1) is 30.3 Å². The van der Waals surface area contributed by atoms with Gasteiger partial charge in [0.25, 0.3) is 0 Å². The summed E-state index contributed by atoms with van der Waals surface area (Å²) in [6.07, 6.45) is 1.22. The minimum atomic E-state index is 0.265. The van der Waals surface area contributed by atoms with Gasteiger partial charge in [0, 0.05) is 19.5 Å². The first kappa shape index (κ1) is 12.6. The minimum Gasteiger partial charge on any atom is -0.374 e. The van der Waals surface area contributed by atoms with Crippen molar-refractivity contribution in [1.82, 2.24) is 14.5 Å². The van der Waals surface area contributed by atoms with E-state index < -0.39 is 0 Å². The highest BCUT2D eigenvalue weighted by atomic mass is 16.5. The molecule has 1 unspecified atom stereocenters. The van der Waals surface area contributed by atoms with Gasteiger partial charge in [-0.25, -0.2) is 4.98 Å². The second kappa shape index (κ2) is 5.31. The Hall–Kier alpha value is -1.39. The zero-order valence-electron chi connectivity index (χ0n) is 11.7. The maximum Gasteiger partial charge on any atom is 0.109 e. The number of rotatable bonds is 3. The fourth-order valence-electron chi connectivity index (χ4n) is 2.78. The van der Waals surface area contributed by atoms with Crippen LogP contribution in [0.2, 0.25) is 0 Å². The Kier molecular flexibility index (Phi) is 3.53. The summed E-state index contributed by atoms with van der Waals surface area (Å²) in [7, 11) is 2.16. The molecule has 0 saturated carbocycles. The van der Waals surface area contributed by atoms with Crippen LogP contribution in [-0.2, 0) is 17.7 Å². The van der Waals surface area contributed by atoms with E-state index >= 15 is 0 Å². The lowest BCUT2D eigenvalue weighted by Crippen LogP contribution is -2.42. The number of aromatic nitrogens is 2. The van der Waals surface area contributed by atoms with E-state index in [0.717, 1.165) is 44.0 Å². The van der Waals surface area contributed by atoms with Crippen LogP contribution >= 0.6 is 0 Å². The van der Waals surface area contributed by atoms with Crippen molar-refractivity contribution in [3.63, 3.8) is 0 Å². The van der Waals surface area contributed by atoms with Crippen molar-refractivity contribution in [2.45, 2.75) is 26.0 Å². The van der Waals surface area contributed by atoms with Crippen molar-refractivity contribution >= 4 is 11.0 Å². The summed E-state index contributed by atoms with van der Waals surface area (Å²) >= 11 is 0. The number of benzene rings is 1. The summed E-state index contributed by atoms with van der Waals surface area (Å²) in [6.45, 7) is 5.91. The van der Waals surface area contributed by atoms with Gasteiger partial charge < -0.3 is 14.2 Å². The van der Waals surface area contributed by atoms with Gasteiger partial charge in [-0.3, -0.25) is 0 Å². The van der Waals surface area contributed by atoms with E-state index in [1.807, 2.05) is 6.07 Å². The van der Waals surface area contributed by atoms with Gasteiger partial charge in [-0.15, -0.1) is 0 Å². The number of aryl methyl sites for hydroxylation is 1. The van der Waals surface area contributed by atoms with Crippen molar-refractivity contribution in [2.24, 2.45) is 0 Å². The Balaban J connectivity index is 1.90. The quantitative estimate of drug-likeness (QED) is 0.843. The zero-order valence-corrected chi connectivity index (χ0v) is 11.7. The smallest absolute Gasteiger partial charge is 0.109 e. The molecule has 4 nitrogen and oxygen atoms in total. The molecule has 4 heteroatoms. The summed E-state index contributed by atoms with van der Waals surface area (Å²) in [4.78, 5) is 7.04. The van der Waals surface area contributed by atoms with Gasteiger partial charge in [-0.1, -0.05) is 19.1 Å². The van der Waals surface area contributed by atoms with Crippen LogP contribution in [0.1, 0.15) is 12.7 Å². The lowest BCUT2D eigenvalue weighted by molar-refractivity contribution is -0.0272. The Labute approximate surface area is 114 Å². The van der Waals surface area contributed by atoms with Gasteiger partial charge in [-0.05, 0) is 19.2 Å². The van der Waals surface area contributed by atoms with Crippen LogP contribution in [0.3, 0.4) is 0 Å². The molecular formula is C15H21N3O. The van der Waals surface area contributed by atoms with Crippen LogP contribution in [0, 0.1) is 0 Å². The Morgan fingerprint density at radius 3 is 3.00 bits per heavy atom. The molecular weight excluding hydrogens is 238 g/mol. The molecule has 19 heavy (non-hydrogen) atoms. The number of hydrogen-bond acceptors (Lipinski definition) is 3. The van der Waals surface area contributed by atoms with Gasteiger partial charge >= 0.3 is 0 Å². The molecule has 1 fully saturated rings. The largest absolute Gasteiger partial charge is 0.374 e. The fraction of sp³-hybridized carbons (Fsp3) is 0.533. The number of para-hydroxylation sites is 2. The van der Waals surface area contributed by atoms with Gasteiger partial charge in [0.1, 0.15) is 5.82 Å². The highest BCUT2D eigenvalue weighted by Crippen LogP contribution is 2.18. The number of likely N-dealkylation sites (N-methyl/N-ethyl adjacent to an activating group) is 1. The molecule has 0 bridgehead atoms. The molecule has 1 saturated heterocycles. The molecule has 0 aliphatic carbocycles. The average Bonchev–Trinajstić information content (AvgIpc) is 2.77. The monoisotopic (exact) mass is 259 g/mol. The van der Waals surface area contributed by atoms with Gasteiger partial charge in [0.2, 0.25) is 0 Å². The first-order valence-corrected chi connectivity index (χ1v) is 7.02. The predicted octanol–water partition coefficient (Wildman–Crippen LogP) is 1.93. The molecule has 1 atom stereocenters. The Morgan fingerprint density at radius 1 is 1.37 bits per heavy atom. The number of imidazole rings is 1. The molecule has 0 spiro atoms. The van der Waals surface area contributed by atoms with Crippen molar-refractivity contribution in [1.29, 1.82) is 0 Å². The predicted molar refractivity (Wildman–Crippen MR) is 76.3 cm³/mol. The van der Waals surface area contributed by atoms with Gasteiger partial charge in [-0.2, -0.15) is 0 Å². The third-order valence-electron chi connectivity index (χ3n) is 3.78. The average molecular weight is 259 g/mol. The van der Waals surface area contributed by atoms with Crippen LogP contribution in [0.15, 0.2) is 24.3 Å². The van der Waals surface area contributed by atoms with Crippen LogP contribution < -0.4 is 0 Å². The highest BCUT2D eigenvalue weighted by molar-refractivity contribution is 5.75. The van der Waals surface area contributed by atoms with E-state index in [0.29, 0.717) is 0 Å². The summed E-state index contributed by atoms with van der Waals surface area (Å²) < 4.78 is 8.20. The van der Waals surface area contributed by atoms with E-state index in [1.54, 1.807) is 0 Å². The maximum absolute atomic E-state index is 5.88. The van der Waals surface area contributed by atoms with Gasteiger partial charge in [0.15, 0.2) is 0 Å². The molecule has 0 amide bonds. The van der Waals surface area contributed by atoms with Crippen LogP contribution in [0.4, 0.5) is 0 Å². The SMILES string of the molecule is CCc1nc2ccccc2n1CC1CN(C)CCO1. The molecule has 1 aliphatic rings. The molecule has 2 aromatic rings. The molecule has 1 aromatic heterocycles. The first-order valence-electron chi connectivity index (χ1n) is 7.02. The lowest BCUT2D eigenvalue weighted by Gasteiger charge is -2.30. The van der Waals surface area contributed by atoms with Crippen molar-refractivity contribution in [3.05, 3.63) is 30.1 Å². The third-order valence-corrected chi connectivity index (χ3v) is 3.78. The molecule has 1 aliphatic heterocycles. The summed E-state index contributed by atoms with van der Waals surface area (Å²) in [6, 6.07) is 8.35. The fourth-order valence-corrected chi connectivity index (χ4v) is 2.78. The van der Waals surface area contributed by atoms with Crippen LogP contribution in [0.5, 0.6) is 0 Å². The lowest BCUT2D eigenvalue weighted by atomic mass is 10.2. The second-order valence-corrected chi connectivity index (χ2v) is 5.24. The molecule has 102 valence electrons. The molecule has 0 radical (unpaired) electrons. The van der Waals surface area contributed by atoms with E-state index in [1.165, 1.54) is 5.52 Å². The van der Waals surface area contributed by atoms with Crippen LogP contribution in [-0.4, -0.2) is 47.3 Å². The zero-order chi connectivity index (χ0) is 13.2. The van der Waals surface area contributed by atoms with E-state index in [4.69, 9.17) is 9.72 Å². The summed E-state index contributed by atoms with van der Waals surface area (Å²) in [5.41, 5.74) is 2.31. The Bertz CT molecular complexity index is 564. The van der Waals surface area contributed by atoms with Crippen molar-refractivity contribution < 1.29 is 4.74 Å². The number of morpholine rings is 1. The third kappa shape index (κ3) is 2.51. The minimum absolute atomic E-state index is 0.265. The number of hydrogen-bond donors (Lipinski definition) is 0. The van der Waals surface area contributed by atoms with Crippen molar-refractivity contribution in [2.75, 3.05) is 26.7 Å². The van der Waals surface area contributed by atoms with E-state index in [9.17, 15) is 0 Å². The standard InChI is InChI=1S/C15H21N3O/c1-3-15-16-13-6-4-5-7-14(13)18(15)11-12-10-17(2)8-9-19-12/h4-7,12H,3,8-11H2,1-2H3. The van der Waals surface area contributed by atoms with Crippen molar-refractivity contribution in [3.8, 4) is 0 Å². The second-order valence-electron chi connectivity index (χ2n) is 5.24. The topological polar surface area (TPSA) is 30.3 Å². The summed E-state index contributed by atoms with van der Waals surface area (Å²) in [5.74, 6) is 1.15.